The Bertz CT molecular complexity index is 1680. The van der Waals surface area contributed by atoms with Crippen LogP contribution < -0.4 is 20.1 Å². The minimum atomic E-state index is -0.673. The molecule has 0 radical (unpaired) electrons. The largest absolute Gasteiger partial charge is 0.490 e. The van der Waals surface area contributed by atoms with Crippen molar-refractivity contribution in [1.82, 2.24) is 10.6 Å². The summed E-state index contributed by atoms with van der Waals surface area (Å²) in [5.41, 5.74) is -0.0225. The second-order valence-corrected chi connectivity index (χ2v) is 16.0. The van der Waals surface area contributed by atoms with Crippen LogP contribution in [-0.4, -0.2) is 102 Å². The van der Waals surface area contributed by atoms with Gasteiger partial charge in [-0.15, -0.1) is 0 Å². The van der Waals surface area contributed by atoms with Crippen LogP contribution in [0.4, 0.5) is 9.59 Å². The molecule has 5 rings (SSSR count). The molecule has 3 aliphatic carbocycles. The Morgan fingerprint density at radius 2 is 1.22 bits per heavy atom. The van der Waals surface area contributed by atoms with Crippen molar-refractivity contribution in [2.24, 2.45) is 34.5 Å². The van der Waals surface area contributed by atoms with Crippen LogP contribution in [0.2, 0.25) is 0 Å². The molecule has 2 aromatic carbocycles. The van der Waals surface area contributed by atoms with Gasteiger partial charge in [-0.3, -0.25) is 0 Å². The zero-order chi connectivity index (χ0) is 42.1. The molecule has 3 saturated carbocycles. The highest BCUT2D eigenvalue weighted by atomic mass is 16.6. The van der Waals surface area contributed by atoms with Gasteiger partial charge in [0.1, 0.15) is 37.9 Å². The number of rotatable bonds is 24. The van der Waals surface area contributed by atoms with Gasteiger partial charge in [-0.2, -0.15) is 0 Å². The summed E-state index contributed by atoms with van der Waals surface area (Å²) in [6.07, 6.45) is 4.79. The summed E-state index contributed by atoms with van der Waals surface area (Å²) in [6, 6.07) is 18.6. The van der Waals surface area contributed by atoms with Gasteiger partial charge in [0.25, 0.3) is 0 Å². The number of fused-ring (bicyclic) bond motifs is 5. The van der Waals surface area contributed by atoms with E-state index in [0.29, 0.717) is 48.4 Å². The SMILES string of the molecule is C=CC(=O)OCCNC(=O)OC(COCC1(C)CCC2C(C1)C1CCC2(COCC(COc2ccccc2)OC(=O)NCCOC(=O)C=C)C1C)COc1ccccc1. The van der Waals surface area contributed by atoms with E-state index >= 15 is 0 Å². The summed E-state index contributed by atoms with van der Waals surface area (Å²) in [4.78, 5) is 48.0. The van der Waals surface area contributed by atoms with Crippen LogP contribution >= 0.6 is 0 Å². The third-order valence-electron chi connectivity index (χ3n) is 12.0. The van der Waals surface area contributed by atoms with E-state index in [1.165, 1.54) is 0 Å². The molecule has 0 heterocycles. The van der Waals surface area contributed by atoms with Crippen molar-refractivity contribution < 1.29 is 57.1 Å². The van der Waals surface area contributed by atoms with Gasteiger partial charge in [0, 0.05) is 12.2 Å². The molecule has 0 aliphatic heterocycles. The molecular weight excluding hydrogens is 760 g/mol. The number of nitrogens with one attached hydrogen (secondary N) is 2. The number of hydrogen-bond acceptors (Lipinski definition) is 12. The highest BCUT2D eigenvalue weighted by molar-refractivity contribution is 5.81. The van der Waals surface area contributed by atoms with Crippen LogP contribution in [0.1, 0.15) is 46.0 Å². The molecule has 2 bridgehead atoms. The molecule has 8 unspecified atom stereocenters. The topological polar surface area (TPSA) is 166 Å². The average Bonchev–Trinajstić information content (AvgIpc) is 3.68. The van der Waals surface area contributed by atoms with Gasteiger partial charge >= 0.3 is 24.1 Å². The summed E-state index contributed by atoms with van der Waals surface area (Å²) in [5.74, 6) is 2.29. The van der Waals surface area contributed by atoms with Crippen LogP contribution in [0, 0.1) is 34.5 Å². The molecule has 0 spiro atoms. The van der Waals surface area contributed by atoms with E-state index in [1.54, 1.807) is 0 Å². The van der Waals surface area contributed by atoms with Crippen molar-refractivity contribution in [3.05, 3.63) is 86.0 Å². The highest BCUT2D eigenvalue weighted by Gasteiger charge is 2.64. The number of benzene rings is 2. The first-order valence-electron chi connectivity index (χ1n) is 20.5. The second kappa shape index (κ2) is 22.3. The van der Waals surface area contributed by atoms with Crippen molar-refractivity contribution in [2.75, 3.05) is 65.9 Å². The summed E-state index contributed by atoms with van der Waals surface area (Å²) >= 11 is 0. The number of carbonyl (C=O) groups excluding carboxylic acids is 4. The highest BCUT2D eigenvalue weighted by Crippen LogP contribution is 2.69. The minimum absolute atomic E-state index is 0.00643. The first-order valence-corrected chi connectivity index (χ1v) is 20.5. The van der Waals surface area contributed by atoms with Crippen molar-refractivity contribution in [1.29, 1.82) is 0 Å². The number of para-hydroxylation sites is 2. The fraction of sp³-hybridized carbons (Fsp3) is 0.556. The number of alkyl carbamates (subject to hydrolysis) is 2. The lowest BCUT2D eigenvalue weighted by Crippen LogP contribution is -2.44. The van der Waals surface area contributed by atoms with Crippen LogP contribution in [0.25, 0.3) is 0 Å². The van der Waals surface area contributed by atoms with Gasteiger partial charge in [-0.1, -0.05) is 63.4 Å². The Morgan fingerprint density at radius 1 is 0.712 bits per heavy atom. The smallest absolute Gasteiger partial charge is 0.407 e. The summed E-state index contributed by atoms with van der Waals surface area (Å²) in [7, 11) is 0. The Balaban J connectivity index is 1.12. The van der Waals surface area contributed by atoms with Crippen LogP contribution in [0.15, 0.2) is 86.0 Å². The predicted molar refractivity (Wildman–Crippen MR) is 218 cm³/mol. The molecule has 3 fully saturated rings. The molecule has 2 N–H and O–H groups in total. The lowest BCUT2D eigenvalue weighted by molar-refractivity contribution is -0.138. The molecule has 3 aliphatic rings. The van der Waals surface area contributed by atoms with Gasteiger partial charge < -0.3 is 48.5 Å². The maximum atomic E-state index is 12.7. The monoisotopic (exact) mass is 820 g/mol. The fourth-order valence-corrected chi connectivity index (χ4v) is 9.16. The Kier molecular flexibility index (Phi) is 17.0. The summed E-state index contributed by atoms with van der Waals surface area (Å²) in [6.45, 7) is 13.2. The Hall–Kier alpha value is -5.08. The maximum absolute atomic E-state index is 12.7. The Labute approximate surface area is 347 Å². The zero-order valence-electron chi connectivity index (χ0n) is 34.3. The van der Waals surface area contributed by atoms with E-state index in [0.717, 1.165) is 44.3 Å². The van der Waals surface area contributed by atoms with E-state index in [1.807, 2.05) is 60.7 Å². The van der Waals surface area contributed by atoms with Crippen molar-refractivity contribution in [2.45, 2.75) is 58.2 Å². The third kappa shape index (κ3) is 13.2. The lowest BCUT2D eigenvalue weighted by Gasteiger charge is -2.48. The van der Waals surface area contributed by atoms with E-state index < -0.39 is 36.3 Å². The van der Waals surface area contributed by atoms with Gasteiger partial charge in [0.05, 0.1) is 39.5 Å². The minimum Gasteiger partial charge on any atom is -0.490 e. The second-order valence-electron chi connectivity index (χ2n) is 16.0. The quantitative estimate of drug-likeness (QED) is 0.0527. The number of amides is 2. The lowest BCUT2D eigenvalue weighted by atomic mass is 9.58. The standard InChI is InChI=1S/C45H60N2O12/c1-5-40(48)54-23-21-46-42(50)58-35(28-56-33-13-9-7-10-14-33)26-52-30-44(4)19-18-39-38(25-44)37-17-20-45(39,32(37)3)31-53-27-36(29-57-34-15-11-8-12-16-34)59-43(51)47-22-24-55-41(49)6-2/h5-16,32,35-39H,1-2,17-31H2,3-4H3,(H,46,50)(H,47,51). The normalized spacial score (nSPS) is 25.0. The molecule has 59 heavy (non-hydrogen) atoms. The van der Waals surface area contributed by atoms with Crippen molar-refractivity contribution >= 4 is 24.1 Å². The molecule has 0 aromatic heterocycles. The summed E-state index contributed by atoms with van der Waals surface area (Å²) < 4.78 is 45.9. The van der Waals surface area contributed by atoms with Crippen molar-refractivity contribution in [3.8, 4) is 11.5 Å². The number of ether oxygens (including phenoxy) is 8. The van der Waals surface area contributed by atoms with Gasteiger partial charge in [0.2, 0.25) is 0 Å². The molecule has 322 valence electrons. The summed E-state index contributed by atoms with van der Waals surface area (Å²) in [5, 5.41) is 5.22. The van der Waals surface area contributed by atoms with E-state index in [9.17, 15) is 19.2 Å². The number of hydrogen-bond donors (Lipinski definition) is 2. The third-order valence-corrected chi connectivity index (χ3v) is 12.0. The first-order chi connectivity index (χ1) is 28.5. The number of esters is 2. The first kappa shape index (κ1) is 45.0. The van der Waals surface area contributed by atoms with Gasteiger partial charge in [-0.25, -0.2) is 19.2 Å². The van der Waals surface area contributed by atoms with Gasteiger partial charge in [-0.05, 0) is 90.9 Å². The van der Waals surface area contributed by atoms with Crippen molar-refractivity contribution in [3.63, 3.8) is 0 Å². The predicted octanol–water partition coefficient (Wildman–Crippen LogP) is 6.29. The van der Waals surface area contributed by atoms with Crippen LogP contribution in [0.5, 0.6) is 11.5 Å². The zero-order valence-corrected chi connectivity index (χ0v) is 34.3. The maximum Gasteiger partial charge on any atom is 0.407 e. The fourth-order valence-electron chi connectivity index (χ4n) is 9.16. The van der Waals surface area contributed by atoms with E-state index in [2.05, 4.69) is 37.6 Å². The van der Waals surface area contributed by atoms with E-state index in [4.69, 9.17) is 37.9 Å². The average molecular weight is 821 g/mol. The number of carbonyl (C=O) groups is 4. The molecule has 2 aromatic rings. The molecule has 8 atom stereocenters. The molecule has 14 heteroatoms. The molecule has 2 amide bonds. The Morgan fingerprint density at radius 3 is 1.73 bits per heavy atom. The van der Waals surface area contributed by atoms with E-state index in [-0.39, 0.29) is 63.6 Å². The van der Waals surface area contributed by atoms with Crippen LogP contribution in [0.3, 0.4) is 0 Å². The van der Waals surface area contributed by atoms with Crippen LogP contribution in [-0.2, 0) is 38.0 Å². The van der Waals surface area contributed by atoms with Gasteiger partial charge in [0.15, 0.2) is 12.2 Å². The molecule has 14 nitrogen and oxygen atoms in total. The molecular formula is C45H60N2O12. The molecule has 0 saturated heterocycles.